The van der Waals surface area contributed by atoms with E-state index in [1.54, 1.807) is 12.1 Å². The Hall–Kier alpha value is -0.753. The summed E-state index contributed by atoms with van der Waals surface area (Å²) in [6, 6.07) is 7.99. The number of hydrogen-bond donors (Lipinski definition) is 0. The molecule has 148 valence electrons. The summed E-state index contributed by atoms with van der Waals surface area (Å²) >= 11 is 0. The number of hydrogen-bond acceptors (Lipinski definition) is 3. The molecule has 0 aromatic heterocycles. The quantitative estimate of drug-likeness (QED) is 0.404. The van der Waals surface area contributed by atoms with Gasteiger partial charge in [0.2, 0.25) is 0 Å². The summed E-state index contributed by atoms with van der Waals surface area (Å²) in [4.78, 5) is 0. The largest absolute Gasteiger partial charge is 0.394 e. The van der Waals surface area contributed by atoms with Crippen molar-refractivity contribution in [3.63, 3.8) is 0 Å². The SMILES string of the molecule is CC(C)O[SiH](CCCO[C@H]1CC[C@H](c2ccc(F)cc2)CC1)OC(C)C. The highest BCUT2D eigenvalue weighted by Crippen LogP contribution is 2.34. The Kier molecular flexibility index (Phi) is 9.26. The molecule has 1 aromatic carbocycles. The van der Waals surface area contributed by atoms with Gasteiger partial charge < -0.3 is 13.6 Å². The highest BCUT2D eigenvalue weighted by atomic mass is 28.3. The molecule has 0 atom stereocenters. The predicted octanol–water partition coefficient (Wildman–Crippen LogP) is 5.33. The highest BCUT2D eigenvalue weighted by Gasteiger charge is 2.23. The maximum Gasteiger partial charge on any atom is 0.321 e. The Morgan fingerprint density at radius 3 is 2.08 bits per heavy atom. The fraction of sp³-hybridized carbons (Fsp3) is 0.714. The summed E-state index contributed by atoms with van der Waals surface area (Å²) in [5, 5.41) is 0. The third kappa shape index (κ3) is 7.87. The number of ether oxygens (including phenoxy) is 1. The normalized spacial score (nSPS) is 21.1. The van der Waals surface area contributed by atoms with Gasteiger partial charge in [0.05, 0.1) is 6.10 Å². The smallest absolute Gasteiger partial charge is 0.321 e. The molecule has 0 N–H and O–H groups in total. The Labute approximate surface area is 160 Å². The Morgan fingerprint density at radius 1 is 0.962 bits per heavy atom. The van der Waals surface area contributed by atoms with Crippen molar-refractivity contribution in [2.24, 2.45) is 0 Å². The first kappa shape index (κ1) is 21.5. The van der Waals surface area contributed by atoms with E-state index in [1.807, 2.05) is 12.1 Å². The van der Waals surface area contributed by atoms with Crippen molar-refractivity contribution >= 4 is 9.28 Å². The van der Waals surface area contributed by atoms with Crippen molar-refractivity contribution in [1.29, 1.82) is 0 Å². The molecule has 0 bridgehead atoms. The number of halogens is 1. The topological polar surface area (TPSA) is 27.7 Å². The molecule has 1 saturated carbocycles. The van der Waals surface area contributed by atoms with Crippen LogP contribution in [0.5, 0.6) is 0 Å². The van der Waals surface area contributed by atoms with Crippen LogP contribution in [0.1, 0.15) is 71.3 Å². The standard InChI is InChI=1S/C21H35FO3Si/c1-16(2)24-26(25-17(3)4)15-5-14-23-21-12-8-19(9-13-21)18-6-10-20(22)11-7-18/h6-7,10-11,16-17,19,21,26H,5,8-9,12-15H2,1-4H3/t19-,21-. The van der Waals surface area contributed by atoms with E-state index in [1.165, 1.54) is 5.56 Å². The van der Waals surface area contributed by atoms with Crippen LogP contribution in [0.15, 0.2) is 24.3 Å². The summed E-state index contributed by atoms with van der Waals surface area (Å²) in [5.74, 6) is 0.390. The Morgan fingerprint density at radius 2 is 1.54 bits per heavy atom. The first-order valence-electron chi connectivity index (χ1n) is 10.1. The van der Waals surface area contributed by atoms with E-state index in [9.17, 15) is 4.39 Å². The fourth-order valence-electron chi connectivity index (χ4n) is 3.57. The van der Waals surface area contributed by atoms with E-state index in [0.29, 0.717) is 12.0 Å². The molecule has 26 heavy (non-hydrogen) atoms. The minimum absolute atomic E-state index is 0.157. The van der Waals surface area contributed by atoms with Crippen LogP contribution in [-0.4, -0.2) is 34.2 Å². The summed E-state index contributed by atoms with van der Waals surface area (Å²) in [6.45, 7) is 9.07. The third-order valence-corrected chi connectivity index (χ3v) is 7.38. The fourth-order valence-corrected chi connectivity index (χ4v) is 5.62. The molecular weight excluding hydrogens is 347 g/mol. The van der Waals surface area contributed by atoms with Gasteiger partial charge in [-0.15, -0.1) is 0 Å². The summed E-state index contributed by atoms with van der Waals surface area (Å²) < 4.78 is 31.1. The summed E-state index contributed by atoms with van der Waals surface area (Å²) in [7, 11) is -1.59. The lowest BCUT2D eigenvalue weighted by Crippen LogP contribution is -2.30. The molecule has 0 heterocycles. The monoisotopic (exact) mass is 382 g/mol. The lowest BCUT2D eigenvalue weighted by atomic mass is 9.83. The van der Waals surface area contributed by atoms with Gasteiger partial charge in [0.15, 0.2) is 0 Å². The van der Waals surface area contributed by atoms with Gasteiger partial charge in [-0.25, -0.2) is 4.39 Å². The van der Waals surface area contributed by atoms with Gasteiger partial charge in [0, 0.05) is 18.8 Å². The molecule has 2 rings (SSSR count). The second-order valence-electron chi connectivity index (χ2n) is 7.84. The van der Waals surface area contributed by atoms with Crippen LogP contribution in [-0.2, 0) is 13.6 Å². The van der Waals surface area contributed by atoms with Crippen molar-refractivity contribution in [3.8, 4) is 0 Å². The van der Waals surface area contributed by atoms with Crippen molar-refractivity contribution in [1.82, 2.24) is 0 Å². The number of benzene rings is 1. The van der Waals surface area contributed by atoms with E-state index in [4.69, 9.17) is 13.6 Å². The van der Waals surface area contributed by atoms with Crippen LogP contribution < -0.4 is 0 Å². The van der Waals surface area contributed by atoms with Crippen molar-refractivity contribution < 1.29 is 18.0 Å². The van der Waals surface area contributed by atoms with Crippen LogP contribution in [0, 0.1) is 5.82 Å². The molecular formula is C21H35FO3Si. The molecule has 0 saturated heterocycles. The van der Waals surface area contributed by atoms with E-state index in [0.717, 1.165) is 44.8 Å². The summed E-state index contributed by atoms with van der Waals surface area (Å²) in [5.41, 5.74) is 1.26. The van der Waals surface area contributed by atoms with Crippen LogP contribution in [0.4, 0.5) is 4.39 Å². The minimum Gasteiger partial charge on any atom is -0.394 e. The number of rotatable bonds is 10. The first-order chi connectivity index (χ1) is 12.4. The van der Waals surface area contributed by atoms with Crippen LogP contribution >= 0.6 is 0 Å². The molecule has 5 heteroatoms. The molecule has 1 aliphatic carbocycles. The van der Waals surface area contributed by atoms with E-state index in [2.05, 4.69) is 27.7 Å². The van der Waals surface area contributed by atoms with Crippen LogP contribution in [0.3, 0.4) is 0 Å². The second-order valence-corrected chi connectivity index (χ2v) is 9.82. The summed E-state index contributed by atoms with van der Waals surface area (Å²) in [6.07, 6.45) is 6.27. The zero-order valence-electron chi connectivity index (χ0n) is 16.7. The van der Waals surface area contributed by atoms with Gasteiger partial charge in [-0.1, -0.05) is 12.1 Å². The van der Waals surface area contributed by atoms with Crippen LogP contribution in [0.2, 0.25) is 6.04 Å². The van der Waals surface area contributed by atoms with Gasteiger partial charge in [-0.05, 0) is 89.5 Å². The van der Waals surface area contributed by atoms with Crippen molar-refractivity contribution in [2.45, 2.75) is 90.1 Å². The Balaban J connectivity index is 1.64. The van der Waals surface area contributed by atoms with Gasteiger partial charge >= 0.3 is 9.28 Å². The average Bonchev–Trinajstić information content (AvgIpc) is 2.59. The molecule has 0 amide bonds. The van der Waals surface area contributed by atoms with Crippen LogP contribution in [0.25, 0.3) is 0 Å². The minimum atomic E-state index is -1.59. The van der Waals surface area contributed by atoms with Crippen molar-refractivity contribution in [3.05, 3.63) is 35.6 Å². The zero-order chi connectivity index (χ0) is 18.9. The molecule has 0 aliphatic heterocycles. The molecule has 3 nitrogen and oxygen atoms in total. The highest BCUT2D eigenvalue weighted by molar-refractivity contribution is 6.44. The van der Waals surface area contributed by atoms with Gasteiger partial charge in [0.1, 0.15) is 5.82 Å². The Bertz CT molecular complexity index is 488. The average molecular weight is 383 g/mol. The molecule has 0 unspecified atom stereocenters. The molecule has 1 aliphatic rings. The molecule has 0 radical (unpaired) electrons. The third-order valence-electron chi connectivity index (χ3n) is 4.80. The maximum absolute atomic E-state index is 13.1. The predicted molar refractivity (Wildman–Crippen MR) is 106 cm³/mol. The van der Waals surface area contributed by atoms with Gasteiger partial charge in [-0.2, -0.15) is 0 Å². The zero-order valence-corrected chi connectivity index (χ0v) is 17.9. The lowest BCUT2D eigenvalue weighted by molar-refractivity contribution is 0.0237. The first-order valence-corrected chi connectivity index (χ1v) is 11.9. The lowest BCUT2D eigenvalue weighted by Gasteiger charge is -2.29. The maximum atomic E-state index is 13.1. The molecule has 1 fully saturated rings. The molecule has 0 spiro atoms. The van der Waals surface area contributed by atoms with Crippen molar-refractivity contribution in [2.75, 3.05) is 6.61 Å². The van der Waals surface area contributed by atoms with E-state index >= 15 is 0 Å². The van der Waals surface area contributed by atoms with Gasteiger partial charge in [-0.3, -0.25) is 0 Å². The van der Waals surface area contributed by atoms with E-state index in [-0.39, 0.29) is 18.0 Å². The molecule has 1 aromatic rings. The van der Waals surface area contributed by atoms with E-state index < -0.39 is 9.28 Å². The second kappa shape index (κ2) is 11.2. The van der Waals surface area contributed by atoms with Gasteiger partial charge in [0.25, 0.3) is 0 Å².